The Kier molecular flexibility index (Phi) is 6.28. The molecule has 2 aromatic carbocycles. The summed E-state index contributed by atoms with van der Waals surface area (Å²) < 4.78 is 26.9. The van der Waals surface area contributed by atoms with E-state index in [0.717, 1.165) is 16.5 Å². The molecule has 3 aromatic rings. The van der Waals surface area contributed by atoms with Gasteiger partial charge in [-0.05, 0) is 58.3 Å². The number of hydrogen-bond donors (Lipinski definition) is 1. The molecule has 28 heavy (non-hydrogen) atoms. The largest absolute Gasteiger partial charge is 0.337 e. The van der Waals surface area contributed by atoms with E-state index in [4.69, 9.17) is 0 Å². The third-order valence-electron chi connectivity index (χ3n) is 3.98. The van der Waals surface area contributed by atoms with Crippen LogP contribution in [0.2, 0.25) is 0 Å². The van der Waals surface area contributed by atoms with Crippen molar-refractivity contribution in [1.29, 1.82) is 0 Å². The molecule has 144 valence electrons. The molecular weight excluding hydrogens is 392 g/mol. The lowest BCUT2D eigenvalue weighted by Crippen LogP contribution is -2.25. The number of carbonyl (C=O) groups is 1. The van der Waals surface area contributed by atoms with E-state index in [9.17, 15) is 13.2 Å². The molecule has 0 fully saturated rings. The molecule has 1 heterocycles. The van der Waals surface area contributed by atoms with E-state index < -0.39 is 10.0 Å². The molecule has 1 amide bonds. The average molecular weight is 413 g/mol. The number of thiophene rings is 1. The maximum atomic E-state index is 12.5. The Hall–Kier alpha value is -2.90. The predicted molar refractivity (Wildman–Crippen MR) is 115 cm³/mol. The number of nitrogens with one attached hydrogen (secondary N) is 1. The van der Waals surface area contributed by atoms with Gasteiger partial charge in [0.15, 0.2) is 0 Å². The van der Waals surface area contributed by atoms with Crippen LogP contribution in [-0.4, -0.2) is 26.3 Å². The van der Waals surface area contributed by atoms with E-state index in [-0.39, 0.29) is 5.91 Å². The summed E-state index contributed by atoms with van der Waals surface area (Å²) in [5, 5.41) is 5.10. The number of anilines is 1. The quantitative estimate of drug-likeness (QED) is 0.624. The van der Waals surface area contributed by atoms with Crippen LogP contribution in [0.4, 0.5) is 5.69 Å². The summed E-state index contributed by atoms with van der Waals surface area (Å²) in [6.45, 7) is 0.529. The first-order valence-corrected chi connectivity index (χ1v) is 11.0. The molecule has 5 nitrogen and oxygen atoms in total. The maximum absolute atomic E-state index is 12.5. The molecule has 0 aliphatic rings. The predicted octanol–water partition coefficient (Wildman–Crippen LogP) is 4.43. The van der Waals surface area contributed by atoms with Crippen molar-refractivity contribution in [3.8, 4) is 0 Å². The molecule has 0 atom stereocenters. The van der Waals surface area contributed by atoms with Crippen LogP contribution in [0, 0.1) is 0 Å². The monoisotopic (exact) mass is 412 g/mol. The summed E-state index contributed by atoms with van der Waals surface area (Å²) in [6, 6.07) is 17.6. The molecule has 0 saturated heterocycles. The van der Waals surface area contributed by atoms with Crippen molar-refractivity contribution in [1.82, 2.24) is 4.90 Å². The Morgan fingerprint density at radius 2 is 1.79 bits per heavy atom. The Morgan fingerprint density at radius 3 is 2.43 bits per heavy atom. The topological polar surface area (TPSA) is 66.5 Å². The molecule has 0 spiro atoms. The molecule has 1 aromatic heterocycles. The van der Waals surface area contributed by atoms with Crippen molar-refractivity contribution >= 4 is 39.0 Å². The molecule has 3 rings (SSSR count). The minimum atomic E-state index is -3.64. The first kappa shape index (κ1) is 19.9. The van der Waals surface area contributed by atoms with Gasteiger partial charge in [0.2, 0.25) is 0 Å². The summed E-state index contributed by atoms with van der Waals surface area (Å²) in [5.41, 5.74) is 2.77. The second-order valence-electron chi connectivity index (χ2n) is 6.23. The summed E-state index contributed by atoms with van der Waals surface area (Å²) in [6.07, 6.45) is 1.53. The van der Waals surface area contributed by atoms with Crippen LogP contribution in [0.5, 0.6) is 0 Å². The van der Waals surface area contributed by atoms with E-state index in [0.29, 0.717) is 17.8 Å². The Balaban J connectivity index is 1.63. The fourth-order valence-electron chi connectivity index (χ4n) is 2.56. The molecular formula is C21H20N2O3S2. The van der Waals surface area contributed by atoms with Crippen LogP contribution in [0.25, 0.3) is 6.08 Å². The van der Waals surface area contributed by atoms with E-state index in [1.54, 1.807) is 47.5 Å². The van der Waals surface area contributed by atoms with Crippen LogP contribution in [0.1, 0.15) is 21.5 Å². The first-order chi connectivity index (χ1) is 13.4. The minimum Gasteiger partial charge on any atom is -0.337 e. The lowest BCUT2D eigenvalue weighted by Gasteiger charge is -2.16. The number of rotatable bonds is 7. The van der Waals surface area contributed by atoms with Crippen molar-refractivity contribution < 1.29 is 13.2 Å². The first-order valence-electron chi connectivity index (χ1n) is 8.55. The Labute approximate surface area is 169 Å². The molecule has 7 heteroatoms. The number of nitrogens with zero attached hydrogens (tertiary/aromatic N) is 1. The van der Waals surface area contributed by atoms with Gasteiger partial charge < -0.3 is 4.90 Å². The zero-order chi connectivity index (χ0) is 20.0. The zero-order valence-corrected chi connectivity index (χ0v) is 16.9. The Morgan fingerprint density at radius 1 is 1.07 bits per heavy atom. The average Bonchev–Trinajstić information content (AvgIpc) is 3.20. The van der Waals surface area contributed by atoms with Gasteiger partial charge in [0.25, 0.3) is 15.9 Å². The fraction of sp³-hybridized carbons (Fsp3) is 0.0952. The van der Waals surface area contributed by atoms with Gasteiger partial charge >= 0.3 is 0 Å². The molecule has 0 aliphatic heterocycles. The highest BCUT2D eigenvalue weighted by molar-refractivity contribution is 7.95. The number of amides is 1. The maximum Gasteiger partial charge on any atom is 0.255 e. The fourth-order valence-corrected chi connectivity index (χ4v) is 4.09. The molecule has 0 bridgehead atoms. The highest BCUT2D eigenvalue weighted by Gasteiger charge is 2.13. The lowest BCUT2D eigenvalue weighted by molar-refractivity contribution is 0.0785. The van der Waals surface area contributed by atoms with Gasteiger partial charge in [-0.1, -0.05) is 30.3 Å². The molecule has 0 saturated carbocycles. The lowest BCUT2D eigenvalue weighted by atomic mass is 10.2. The molecule has 1 N–H and O–H groups in total. The second kappa shape index (κ2) is 8.86. The summed E-state index contributed by atoms with van der Waals surface area (Å²) in [5.74, 6) is -0.121. The minimum absolute atomic E-state index is 0.121. The summed E-state index contributed by atoms with van der Waals surface area (Å²) in [7, 11) is -1.90. The van der Waals surface area contributed by atoms with Gasteiger partial charge in [-0.25, -0.2) is 8.42 Å². The van der Waals surface area contributed by atoms with Gasteiger partial charge in [0.1, 0.15) is 0 Å². The number of benzene rings is 2. The van der Waals surface area contributed by atoms with Crippen LogP contribution in [-0.2, 0) is 16.6 Å². The van der Waals surface area contributed by atoms with Gasteiger partial charge in [-0.3, -0.25) is 9.52 Å². The summed E-state index contributed by atoms with van der Waals surface area (Å²) >= 11 is 1.59. The summed E-state index contributed by atoms with van der Waals surface area (Å²) in [4.78, 5) is 14.1. The smallest absolute Gasteiger partial charge is 0.255 e. The van der Waals surface area contributed by atoms with E-state index >= 15 is 0 Å². The van der Waals surface area contributed by atoms with Crippen LogP contribution in [0.3, 0.4) is 0 Å². The van der Waals surface area contributed by atoms with Crippen LogP contribution in [0.15, 0.2) is 76.8 Å². The number of hydrogen-bond acceptors (Lipinski definition) is 4. The van der Waals surface area contributed by atoms with Crippen LogP contribution < -0.4 is 4.72 Å². The standard InChI is InChI=1S/C21H20N2O3S2/c1-23(15-18-11-13-27-16-18)21(24)19-7-9-20(10-8-19)22-28(25,26)14-12-17-5-3-2-4-6-17/h2-14,16,22H,15H2,1H3/b14-12+. The molecule has 0 unspecified atom stereocenters. The van der Waals surface area contributed by atoms with Crippen molar-refractivity contribution in [2.24, 2.45) is 0 Å². The van der Waals surface area contributed by atoms with Crippen molar-refractivity contribution in [2.75, 3.05) is 11.8 Å². The van der Waals surface area contributed by atoms with Gasteiger partial charge in [0, 0.05) is 24.8 Å². The SMILES string of the molecule is CN(Cc1ccsc1)C(=O)c1ccc(NS(=O)(=O)/C=C/c2ccccc2)cc1. The highest BCUT2D eigenvalue weighted by Crippen LogP contribution is 2.15. The molecule has 0 radical (unpaired) electrons. The molecule has 0 aliphatic carbocycles. The highest BCUT2D eigenvalue weighted by atomic mass is 32.2. The number of sulfonamides is 1. The van der Waals surface area contributed by atoms with Crippen LogP contribution >= 0.6 is 11.3 Å². The number of carbonyl (C=O) groups excluding carboxylic acids is 1. The van der Waals surface area contributed by atoms with Crippen molar-refractivity contribution in [3.05, 3.63) is 93.5 Å². The van der Waals surface area contributed by atoms with Gasteiger partial charge in [0.05, 0.1) is 5.41 Å². The van der Waals surface area contributed by atoms with Crippen molar-refractivity contribution in [3.63, 3.8) is 0 Å². The zero-order valence-electron chi connectivity index (χ0n) is 15.3. The third-order valence-corrected chi connectivity index (χ3v) is 5.72. The van der Waals surface area contributed by atoms with Gasteiger partial charge in [-0.15, -0.1) is 0 Å². The van der Waals surface area contributed by atoms with Gasteiger partial charge in [-0.2, -0.15) is 11.3 Å². The second-order valence-corrected chi connectivity index (χ2v) is 8.58. The van der Waals surface area contributed by atoms with E-state index in [1.807, 2.05) is 47.2 Å². The van der Waals surface area contributed by atoms with Crippen molar-refractivity contribution in [2.45, 2.75) is 6.54 Å². The Bertz CT molecular complexity index is 1040. The third kappa shape index (κ3) is 5.55. The van der Waals surface area contributed by atoms with E-state index in [1.165, 1.54) is 6.08 Å². The normalized spacial score (nSPS) is 11.5. The van der Waals surface area contributed by atoms with E-state index in [2.05, 4.69) is 4.72 Å².